The summed E-state index contributed by atoms with van der Waals surface area (Å²) < 4.78 is 31.8. The number of methoxy groups -OCH3 is 1. The van der Waals surface area contributed by atoms with Crippen molar-refractivity contribution in [3.05, 3.63) is 36.4 Å². The predicted molar refractivity (Wildman–Crippen MR) is 65.6 cm³/mol. The molecule has 0 amide bonds. The molecular weight excluding hydrogens is 226 g/mol. The SMILES string of the molecule is C=Cc1ccccc1[Si](C)(C)C(F)(F)OC. The first kappa shape index (κ1) is 13.1. The van der Waals surface area contributed by atoms with Crippen LogP contribution >= 0.6 is 0 Å². The number of hydrogen-bond acceptors (Lipinski definition) is 1. The Kier molecular flexibility index (Phi) is 3.65. The average Bonchev–Trinajstić information content (AvgIpc) is 2.28. The van der Waals surface area contributed by atoms with Crippen LogP contribution in [0.15, 0.2) is 30.8 Å². The van der Waals surface area contributed by atoms with Gasteiger partial charge in [-0.15, -0.1) is 0 Å². The standard InChI is InChI=1S/C12H16F2OSi/c1-5-10-8-6-7-9-11(10)16(3,4)12(13,14)15-2/h5-9H,1H2,2-4H3. The van der Waals surface area contributed by atoms with Crippen molar-refractivity contribution in [3.8, 4) is 0 Å². The number of alkyl halides is 2. The van der Waals surface area contributed by atoms with Crippen molar-refractivity contribution in [1.82, 2.24) is 0 Å². The van der Waals surface area contributed by atoms with Crippen molar-refractivity contribution in [1.29, 1.82) is 0 Å². The van der Waals surface area contributed by atoms with Gasteiger partial charge in [-0.2, -0.15) is 8.78 Å². The second-order valence-electron chi connectivity index (χ2n) is 4.14. The summed E-state index contributed by atoms with van der Waals surface area (Å²) in [6.07, 6.45) is 1.61. The second kappa shape index (κ2) is 4.47. The van der Waals surface area contributed by atoms with E-state index >= 15 is 0 Å². The Balaban J connectivity index is 3.31. The number of hydrogen-bond donors (Lipinski definition) is 0. The molecule has 0 unspecified atom stereocenters. The summed E-state index contributed by atoms with van der Waals surface area (Å²) in [6.45, 7) is 6.84. The normalized spacial score (nSPS) is 12.6. The first-order chi connectivity index (χ1) is 7.36. The van der Waals surface area contributed by atoms with Gasteiger partial charge >= 0.3 is 5.73 Å². The Labute approximate surface area is 95.8 Å². The van der Waals surface area contributed by atoms with E-state index in [9.17, 15) is 8.78 Å². The minimum atomic E-state index is -3.08. The van der Waals surface area contributed by atoms with Crippen molar-refractivity contribution in [2.75, 3.05) is 7.11 Å². The van der Waals surface area contributed by atoms with E-state index in [0.29, 0.717) is 5.19 Å². The summed E-state index contributed by atoms with van der Waals surface area (Å²) >= 11 is 0. The van der Waals surface area contributed by atoms with Crippen LogP contribution in [-0.4, -0.2) is 20.9 Å². The van der Waals surface area contributed by atoms with Crippen molar-refractivity contribution < 1.29 is 13.5 Å². The van der Waals surface area contributed by atoms with Gasteiger partial charge in [0.1, 0.15) is 0 Å². The molecule has 0 aliphatic carbocycles. The molecule has 1 aromatic carbocycles. The summed E-state index contributed by atoms with van der Waals surface area (Å²) in [6, 6.07) is 7.11. The van der Waals surface area contributed by atoms with Gasteiger partial charge in [0.25, 0.3) is 0 Å². The summed E-state index contributed by atoms with van der Waals surface area (Å²) in [5.41, 5.74) is -2.32. The van der Waals surface area contributed by atoms with Crippen LogP contribution in [0.2, 0.25) is 13.1 Å². The Morgan fingerprint density at radius 1 is 1.31 bits per heavy atom. The zero-order chi connectivity index (χ0) is 12.4. The maximum Gasteiger partial charge on any atom is 0.332 e. The molecule has 0 fully saturated rings. The first-order valence-corrected chi connectivity index (χ1v) is 8.01. The molecule has 16 heavy (non-hydrogen) atoms. The Hall–Kier alpha value is -1.00. The van der Waals surface area contributed by atoms with Crippen molar-refractivity contribution in [2.45, 2.75) is 18.8 Å². The quantitative estimate of drug-likeness (QED) is 0.737. The lowest BCUT2D eigenvalue weighted by Crippen LogP contribution is -2.59. The van der Waals surface area contributed by atoms with Crippen LogP contribution in [0.25, 0.3) is 6.08 Å². The van der Waals surface area contributed by atoms with E-state index in [1.165, 1.54) is 0 Å². The molecule has 0 N–H and O–H groups in total. The van der Waals surface area contributed by atoms with E-state index in [-0.39, 0.29) is 0 Å². The fourth-order valence-corrected chi connectivity index (χ4v) is 3.90. The Morgan fingerprint density at radius 2 is 1.88 bits per heavy atom. The third kappa shape index (κ3) is 2.08. The van der Waals surface area contributed by atoms with E-state index < -0.39 is 13.8 Å². The molecule has 0 spiro atoms. The number of halogens is 2. The number of ether oxygens (including phenoxy) is 1. The minimum absolute atomic E-state index is 0.664. The predicted octanol–water partition coefficient (Wildman–Crippen LogP) is 3.02. The van der Waals surface area contributed by atoms with Crippen molar-refractivity contribution in [2.24, 2.45) is 0 Å². The lowest BCUT2D eigenvalue weighted by atomic mass is 10.2. The molecule has 88 valence electrons. The molecule has 0 bridgehead atoms. The van der Waals surface area contributed by atoms with Crippen LogP contribution in [0.4, 0.5) is 8.78 Å². The van der Waals surface area contributed by atoms with E-state index in [1.54, 1.807) is 37.4 Å². The van der Waals surface area contributed by atoms with Crippen LogP contribution in [-0.2, 0) is 4.74 Å². The first-order valence-electron chi connectivity index (χ1n) is 5.01. The van der Waals surface area contributed by atoms with Crippen LogP contribution in [0.1, 0.15) is 5.56 Å². The van der Waals surface area contributed by atoms with E-state index in [2.05, 4.69) is 11.3 Å². The van der Waals surface area contributed by atoms with Gasteiger partial charge < -0.3 is 4.74 Å². The molecule has 4 heteroatoms. The number of benzene rings is 1. The average molecular weight is 242 g/mol. The van der Waals surface area contributed by atoms with Gasteiger partial charge in [-0.3, -0.25) is 0 Å². The van der Waals surface area contributed by atoms with Crippen molar-refractivity contribution >= 4 is 19.3 Å². The minimum Gasteiger partial charge on any atom is -0.328 e. The lowest BCUT2D eigenvalue weighted by Gasteiger charge is -2.31. The number of rotatable bonds is 4. The van der Waals surface area contributed by atoms with Gasteiger partial charge in [-0.1, -0.05) is 50.0 Å². The summed E-state index contributed by atoms with van der Waals surface area (Å²) in [7, 11) is -1.95. The molecule has 0 aliphatic heterocycles. The molecule has 0 saturated heterocycles. The molecule has 0 aliphatic rings. The van der Waals surface area contributed by atoms with Gasteiger partial charge in [0.05, 0.1) is 0 Å². The molecular formula is C12H16F2OSi. The van der Waals surface area contributed by atoms with Crippen LogP contribution < -0.4 is 5.19 Å². The third-order valence-corrected chi connectivity index (χ3v) is 6.30. The maximum absolute atomic E-state index is 13.7. The zero-order valence-electron chi connectivity index (χ0n) is 9.76. The van der Waals surface area contributed by atoms with Gasteiger partial charge in [0.2, 0.25) is 8.07 Å². The van der Waals surface area contributed by atoms with Gasteiger partial charge in [-0.25, -0.2) is 0 Å². The topological polar surface area (TPSA) is 9.23 Å². The van der Waals surface area contributed by atoms with Crippen LogP contribution in [0.3, 0.4) is 0 Å². The highest BCUT2D eigenvalue weighted by Crippen LogP contribution is 2.28. The molecule has 0 heterocycles. The van der Waals surface area contributed by atoms with Gasteiger partial charge in [0, 0.05) is 7.11 Å². The fraction of sp³-hybridized carbons (Fsp3) is 0.333. The molecule has 0 saturated carbocycles. The van der Waals surface area contributed by atoms with Crippen LogP contribution in [0, 0.1) is 0 Å². The molecule has 1 aromatic rings. The highest BCUT2D eigenvalue weighted by molar-refractivity contribution is 6.91. The molecule has 0 aromatic heterocycles. The second-order valence-corrected chi connectivity index (χ2v) is 8.51. The Bertz CT molecular complexity index is 388. The smallest absolute Gasteiger partial charge is 0.328 e. The highest BCUT2D eigenvalue weighted by atomic mass is 28.3. The lowest BCUT2D eigenvalue weighted by molar-refractivity contribution is -0.158. The molecule has 1 rings (SSSR count). The van der Waals surface area contributed by atoms with E-state index in [0.717, 1.165) is 12.7 Å². The largest absolute Gasteiger partial charge is 0.332 e. The molecule has 0 atom stereocenters. The van der Waals surface area contributed by atoms with Crippen molar-refractivity contribution in [3.63, 3.8) is 0 Å². The van der Waals surface area contributed by atoms with Gasteiger partial charge in [-0.05, 0) is 10.8 Å². The van der Waals surface area contributed by atoms with E-state index in [4.69, 9.17) is 0 Å². The summed E-state index contributed by atoms with van der Waals surface area (Å²) in [5.74, 6) is 0. The highest BCUT2D eigenvalue weighted by Gasteiger charge is 2.51. The monoisotopic (exact) mass is 242 g/mol. The fourth-order valence-electron chi connectivity index (χ4n) is 1.66. The summed E-state index contributed by atoms with van der Waals surface area (Å²) in [4.78, 5) is 0. The zero-order valence-corrected chi connectivity index (χ0v) is 10.8. The Morgan fingerprint density at radius 3 is 2.38 bits per heavy atom. The maximum atomic E-state index is 13.7. The third-order valence-electron chi connectivity index (χ3n) is 2.84. The molecule has 0 radical (unpaired) electrons. The summed E-state index contributed by atoms with van der Waals surface area (Å²) in [5, 5.41) is 0.664. The van der Waals surface area contributed by atoms with Gasteiger partial charge in [0.15, 0.2) is 0 Å². The van der Waals surface area contributed by atoms with E-state index in [1.807, 2.05) is 6.07 Å². The van der Waals surface area contributed by atoms with Crippen LogP contribution in [0.5, 0.6) is 0 Å². The molecule has 1 nitrogen and oxygen atoms in total.